The Balaban J connectivity index is 2.09. The Labute approximate surface area is 169 Å². The number of amidine groups is 2. The molecule has 1 aromatic heterocycles. The Morgan fingerprint density at radius 3 is 2.46 bits per heavy atom. The Hall–Kier alpha value is -2.43. The van der Waals surface area contributed by atoms with Crippen LogP contribution in [0.1, 0.15) is 51.4 Å². The largest absolute Gasteiger partial charge is 0.328 e. The van der Waals surface area contributed by atoms with Gasteiger partial charge in [-0.15, -0.1) is 0 Å². The number of imidazole rings is 1. The van der Waals surface area contributed by atoms with Crippen LogP contribution >= 0.6 is 0 Å². The summed E-state index contributed by atoms with van der Waals surface area (Å²) in [6.45, 7) is 16.2. The molecule has 5 heteroatoms. The van der Waals surface area contributed by atoms with Crippen LogP contribution in [0.3, 0.4) is 0 Å². The summed E-state index contributed by atoms with van der Waals surface area (Å²) in [5.41, 5.74) is 4.88. The van der Waals surface area contributed by atoms with Crippen LogP contribution in [0.25, 0.3) is 11.4 Å². The average Bonchev–Trinajstić information content (AvgIpc) is 2.95. The van der Waals surface area contributed by atoms with Gasteiger partial charge in [0.05, 0.1) is 19.2 Å². The molecular formula is C23H34N5+. The molecule has 1 aliphatic heterocycles. The molecule has 1 aromatic carbocycles. The number of hydrogen-bond acceptors (Lipinski definition) is 3. The van der Waals surface area contributed by atoms with E-state index < -0.39 is 0 Å². The van der Waals surface area contributed by atoms with Crippen molar-refractivity contribution in [2.24, 2.45) is 28.9 Å². The van der Waals surface area contributed by atoms with E-state index in [1.54, 1.807) is 0 Å². The lowest BCUT2D eigenvalue weighted by Crippen LogP contribution is -2.41. The van der Waals surface area contributed by atoms with Gasteiger partial charge in [-0.2, -0.15) is 0 Å². The lowest BCUT2D eigenvalue weighted by Gasteiger charge is -2.25. The SMILES string of the molecule is CC[n+]1cc(C)n(C)c1-c1cc(C2=NC(C(C)C)N=C(C(C)C)N2)ccc1C. The maximum atomic E-state index is 4.92. The third-order valence-corrected chi connectivity index (χ3v) is 5.48. The Bertz CT molecular complexity index is 931. The Morgan fingerprint density at radius 2 is 1.86 bits per heavy atom. The minimum atomic E-state index is -0.0312. The number of nitrogens with one attached hydrogen (secondary N) is 1. The van der Waals surface area contributed by atoms with E-state index >= 15 is 0 Å². The van der Waals surface area contributed by atoms with Crippen molar-refractivity contribution in [3.8, 4) is 11.4 Å². The van der Waals surface area contributed by atoms with Gasteiger partial charge < -0.3 is 5.32 Å². The maximum Gasteiger partial charge on any atom is 0.289 e. The van der Waals surface area contributed by atoms with Crippen LogP contribution in [0.4, 0.5) is 0 Å². The summed E-state index contributed by atoms with van der Waals surface area (Å²) in [4.78, 5) is 9.73. The molecule has 150 valence electrons. The summed E-state index contributed by atoms with van der Waals surface area (Å²) in [6.07, 6.45) is 2.19. The van der Waals surface area contributed by atoms with Gasteiger partial charge in [0.2, 0.25) is 0 Å². The molecule has 2 aromatic rings. The van der Waals surface area contributed by atoms with Crippen molar-refractivity contribution in [3.63, 3.8) is 0 Å². The summed E-state index contributed by atoms with van der Waals surface area (Å²) in [7, 11) is 2.14. The van der Waals surface area contributed by atoms with Gasteiger partial charge in [-0.25, -0.2) is 19.1 Å². The highest BCUT2D eigenvalue weighted by atomic mass is 15.2. The van der Waals surface area contributed by atoms with Crippen molar-refractivity contribution < 1.29 is 4.57 Å². The van der Waals surface area contributed by atoms with Crippen molar-refractivity contribution in [2.45, 2.75) is 61.2 Å². The molecule has 0 bridgehead atoms. The fraction of sp³-hybridized carbons (Fsp3) is 0.522. The van der Waals surface area contributed by atoms with Gasteiger partial charge in [-0.1, -0.05) is 39.8 Å². The van der Waals surface area contributed by atoms with Crippen molar-refractivity contribution in [3.05, 3.63) is 41.2 Å². The first-order valence-electron chi connectivity index (χ1n) is 10.3. The zero-order chi connectivity index (χ0) is 20.6. The second-order valence-corrected chi connectivity index (χ2v) is 8.40. The number of rotatable bonds is 5. The molecule has 0 radical (unpaired) electrons. The monoisotopic (exact) mass is 380 g/mol. The minimum absolute atomic E-state index is 0.0312. The van der Waals surface area contributed by atoms with Gasteiger partial charge in [-0.05, 0) is 31.4 Å². The molecule has 3 rings (SSSR count). The second kappa shape index (κ2) is 7.90. The average molecular weight is 381 g/mol. The Kier molecular flexibility index (Phi) is 5.73. The highest BCUT2D eigenvalue weighted by Crippen LogP contribution is 2.24. The maximum absolute atomic E-state index is 4.92. The van der Waals surface area contributed by atoms with E-state index in [4.69, 9.17) is 9.98 Å². The quantitative estimate of drug-likeness (QED) is 0.783. The zero-order valence-electron chi connectivity index (χ0n) is 18.5. The van der Waals surface area contributed by atoms with Crippen LogP contribution in [0.5, 0.6) is 0 Å². The predicted octanol–water partition coefficient (Wildman–Crippen LogP) is 4.00. The minimum Gasteiger partial charge on any atom is -0.328 e. The first kappa shape index (κ1) is 20.3. The molecule has 5 nitrogen and oxygen atoms in total. The van der Waals surface area contributed by atoms with Gasteiger partial charge in [0.15, 0.2) is 0 Å². The molecule has 0 saturated carbocycles. The van der Waals surface area contributed by atoms with Crippen molar-refractivity contribution in [1.29, 1.82) is 0 Å². The molecule has 1 atom stereocenters. The van der Waals surface area contributed by atoms with Crippen LogP contribution in [0, 0.1) is 25.7 Å². The molecular weight excluding hydrogens is 346 g/mol. The molecule has 28 heavy (non-hydrogen) atoms. The molecule has 0 fully saturated rings. The molecule has 0 spiro atoms. The van der Waals surface area contributed by atoms with E-state index in [1.807, 2.05) is 0 Å². The summed E-state index contributed by atoms with van der Waals surface area (Å²) >= 11 is 0. The third kappa shape index (κ3) is 3.75. The molecule has 0 saturated heterocycles. The first-order valence-corrected chi connectivity index (χ1v) is 10.3. The highest BCUT2D eigenvalue weighted by molar-refractivity contribution is 6.11. The van der Waals surface area contributed by atoms with E-state index in [9.17, 15) is 0 Å². The van der Waals surface area contributed by atoms with Gasteiger partial charge >= 0.3 is 0 Å². The van der Waals surface area contributed by atoms with E-state index in [2.05, 4.69) is 94.4 Å². The summed E-state index contributed by atoms with van der Waals surface area (Å²) < 4.78 is 4.58. The molecule has 0 aliphatic carbocycles. The van der Waals surface area contributed by atoms with Crippen molar-refractivity contribution >= 4 is 11.7 Å². The lowest BCUT2D eigenvalue weighted by molar-refractivity contribution is -0.682. The summed E-state index contributed by atoms with van der Waals surface area (Å²) in [5.74, 6) is 3.88. The number of aliphatic imine (C=N–C) groups is 2. The van der Waals surface area contributed by atoms with Crippen molar-refractivity contribution in [1.82, 2.24) is 9.88 Å². The van der Waals surface area contributed by atoms with Gasteiger partial charge in [0.1, 0.15) is 29.7 Å². The van der Waals surface area contributed by atoms with Crippen LogP contribution < -0.4 is 9.88 Å². The number of nitrogens with zero attached hydrogens (tertiary/aromatic N) is 4. The number of hydrogen-bond donors (Lipinski definition) is 1. The number of aryl methyl sites for hydroxylation is 3. The first-order chi connectivity index (χ1) is 13.2. The van der Waals surface area contributed by atoms with Crippen molar-refractivity contribution in [2.75, 3.05) is 0 Å². The standard InChI is InChI=1S/C23H34N5/c1-9-28-13-17(7)27(8)23(28)19-12-18(11-10-16(19)6)22-25-20(14(2)3)24-21(26-22)15(4)5/h10-15,20H,9H2,1-8H3,(H,24,25,26)/q+1. The fourth-order valence-electron chi connectivity index (χ4n) is 3.55. The summed E-state index contributed by atoms with van der Waals surface area (Å²) in [5, 5.41) is 3.49. The van der Waals surface area contributed by atoms with Crippen LogP contribution in [-0.4, -0.2) is 22.4 Å². The topological polar surface area (TPSA) is 45.6 Å². The van der Waals surface area contributed by atoms with E-state index in [0.29, 0.717) is 11.8 Å². The zero-order valence-corrected chi connectivity index (χ0v) is 18.5. The number of benzene rings is 1. The van der Waals surface area contributed by atoms with Gasteiger partial charge in [0.25, 0.3) is 5.82 Å². The summed E-state index contributed by atoms with van der Waals surface area (Å²) in [6, 6.07) is 6.63. The van der Waals surface area contributed by atoms with Gasteiger partial charge in [-0.3, -0.25) is 0 Å². The molecule has 2 heterocycles. The third-order valence-electron chi connectivity index (χ3n) is 5.48. The van der Waals surface area contributed by atoms with Gasteiger partial charge in [0, 0.05) is 18.4 Å². The second-order valence-electron chi connectivity index (χ2n) is 8.40. The highest BCUT2D eigenvalue weighted by Gasteiger charge is 2.25. The fourth-order valence-corrected chi connectivity index (χ4v) is 3.55. The normalized spacial score (nSPS) is 17.0. The van der Waals surface area contributed by atoms with E-state index in [0.717, 1.165) is 23.8 Å². The van der Waals surface area contributed by atoms with E-state index in [-0.39, 0.29) is 6.17 Å². The smallest absolute Gasteiger partial charge is 0.289 e. The molecule has 1 N–H and O–H groups in total. The Morgan fingerprint density at radius 1 is 1.14 bits per heavy atom. The van der Waals surface area contributed by atoms with Crippen LogP contribution in [0.2, 0.25) is 0 Å². The predicted molar refractivity (Wildman–Crippen MR) is 117 cm³/mol. The molecule has 1 unspecified atom stereocenters. The molecule has 1 aliphatic rings. The van der Waals surface area contributed by atoms with E-state index in [1.165, 1.54) is 22.6 Å². The molecule has 0 amide bonds. The number of aromatic nitrogens is 2. The van der Waals surface area contributed by atoms with Crippen LogP contribution in [-0.2, 0) is 13.6 Å². The van der Waals surface area contributed by atoms with Crippen LogP contribution in [0.15, 0.2) is 34.4 Å². The lowest BCUT2D eigenvalue weighted by atomic mass is 10.0.